The summed E-state index contributed by atoms with van der Waals surface area (Å²) in [5, 5.41) is 12.1. The van der Waals surface area contributed by atoms with Crippen molar-refractivity contribution < 1.29 is 33.8 Å². The molecule has 9 heteroatoms. The number of rotatable bonds is 9. The quantitative estimate of drug-likeness (QED) is 0.522. The van der Waals surface area contributed by atoms with Crippen molar-refractivity contribution in [3.63, 3.8) is 0 Å². The maximum Gasteiger partial charge on any atom is 0.303 e. The minimum Gasteiger partial charge on any atom is -0.508 e. The summed E-state index contributed by atoms with van der Waals surface area (Å²) in [5.74, 6) is -3.07. The summed E-state index contributed by atoms with van der Waals surface area (Å²) in [7, 11) is 1.49. The van der Waals surface area contributed by atoms with Crippen molar-refractivity contribution in [2.24, 2.45) is 0 Å². The Bertz CT molecular complexity index is 977. The van der Waals surface area contributed by atoms with E-state index in [1.165, 1.54) is 24.1 Å². The van der Waals surface area contributed by atoms with Crippen LogP contribution in [-0.2, 0) is 35.2 Å². The molecule has 2 amide bonds. The van der Waals surface area contributed by atoms with Crippen molar-refractivity contribution >= 4 is 23.8 Å². The van der Waals surface area contributed by atoms with E-state index in [2.05, 4.69) is 5.32 Å². The molecule has 0 fully saturated rings. The van der Waals surface area contributed by atoms with E-state index in [0.29, 0.717) is 5.56 Å². The Hall–Kier alpha value is -3.88. The third-order valence-electron chi connectivity index (χ3n) is 4.75. The Morgan fingerprint density at radius 3 is 1.91 bits per heavy atom. The number of likely N-dealkylation sites (N-methyl/N-ethyl adjacent to an activating group) is 1. The fourth-order valence-electron chi connectivity index (χ4n) is 3.15. The molecule has 0 saturated carbocycles. The van der Waals surface area contributed by atoms with Crippen LogP contribution in [0.3, 0.4) is 0 Å². The smallest absolute Gasteiger partial charge is 0.303 e. The van der Waals surface area contributed by atoms with Crippen molar-refractivity contribution in [1.29, 1.82) is 0 Å². The van der Waals surface area contributed by atoms with Crippen LogP contribution >= 0.6 is 0 Å². The molecule has 0 radical (unpaired) electrons. The Morgan fingerprint density at radius 2 is 1.40 bits per heavy atom. The zero-order valence-electron chi connectivity index (χ0n) is 21.0. The molecule has 0 unspecified atom stereocenters. The fourth-order valence-corrected chi connectivity index (χ4v) is 3.15. The van der Waals surface area contributed by atoms with Gasteiger partial charge in [0.1, 0.15) is 5.75 Å². The van der Waals surface area contributed by atoms with Gasteiger partial charge in [0, 0.05) is 27.4 Å². The minimum atomic E-state index is -1.70. The number of esters is 2. The highest BCUT2D eigenvalue weighted by Gasteiger charge is 2.41. The van der Waals surface area contributed by atoms with E-state index in [1.54, 1.807) is 19.1 Å². The molecule has 2 aromatic rings. The summed E-state index contributed by atoms with van der Waals surface area (Å²) in [5.41, 5.74) is 1.49. The zero-order valence-corrected chi connectivity index (χ0v) is 21.0. The molecule has 3 atom stereocenters. The second-order valence-electron chi connectivity index (χ2n) is 7.56. The number of hydrogen-bond donors (Lipinski definition) is 2. The number of benzene rings is 2. The molecule has 2 rings (SSSR count). The van der Waals surface area contributed by atoms with Gasteiger partial charge < -0.3 is 24.8 Å². The number of phenols is 1. The number of aromatic hydroxyl groups is 1. The van der Waals surface area contributed by atoms with Crippen LogP contribution in [0, 0.1) is 0 Å². The van der Waals surface area contributed by atoms with Crippen LogP contribution in [0.25, 0.3) is 0 Å². The highest BCUT2D eigenvalue weighted by Crippen LogP contribution is 2.18. The van der Waals surface area contributed by atoms with Crippen LogP contribution < -0.4 is 5.32 Å². The molecule has 2 N–H and O–H groups in total. The predicted octanol–water partition coefficient (Wildman–Crippen LogP) is 3.12. The summed E-state index contributed by atoms with van der Waals surface area (Å²) in [4.78, 5) is 50.9. The van der Waals surface area contributed by atoms with Crippen LogP contribution in [0.1, 0.15) is 51.8 Å². The maximum absolute atomic E-state index is 13.2. The molecular weight excluding hydrogens is 452 g/mol. The number of carbonyl (C=O) groups is 4. The highest BCUT2D eigenvalue weighted by molar-refractivity contribution is 5.93. The van der Waals surface area contributed by atoms with E-state index < -0.39 is 42.0 Å². The summed E-state index contributed by atoms with van der Waals surface area (Å²) < 4.78 is 10.3. The van der Waals surface area contributed by atoms with E-state index in [1.807, 2.05) is 44.2 Å². The van der Waals surface area contributed by atoms with E-state index >= 15 is 0 Å². The average Bonchev–Trinajstić information content (AvgIpc) is 2.82. The van der Waals surface area contributed by atoms with Gasteiger partial charge in [0.2, 0.25) is 12.2 Å². The van der Waals surface area contributed by atoms with Crippen LogP contribution in [-0.4, -0.2) is 53.0 Å². The van der Waals surface area contributed by atoms with E-state index in [-0.39, 0.29) is 12.3 Å². The molecule has 0 aliphatic heterocycles. The first-order chi connectivity index (χ1) is 16.6. The van der Waals surface area contributed by atoms with Crippen molar-refractivity contribution in [3.05, 3.63) is 65.7 Å². The first-order valence-corrected chi connectivity index (χ1v) is 11.3. The number of phenolic OH excluding ortho intramolecular Hbond substituents is 1. The molecule has 2 aromatic carbocycles. The van der Waals surface area contributed by atoms with Gasteiger partial charge in [-0.25, -0.2) is 0 Å². The number of hydrogen-bond acceptors (Lipinski definition) is 7. The van der Waals surface area contributed by atoms with Crippen LogP contribution in [0.2, 0.25) is 0 Å². The van der Waals surface area contributed by atoms with E-state index in [0.717, 1.165) is 19.4 Å². The number of nitrogens with zero attached hydrogens (tertiary/aromatic N) is 1. The topological polar surface area (TPSA) is 122 Å². The third-order valence-corrected chi connectivity index (χ3v) is 4.75. The molecule has 0 saturated heterocycles. The minimum absolute atomic E-state index is 0.0667. The summed E-state index contributed by atoms with van der Waals surface area (Å²) in [6.45, 7) is 8.06. The Kier molecular flexibility index (Phi) is 12.0. The molecular formula is C26H34N2O7. The molecule has 0 spiro atoms. The first kappa shape index (κ1) is 29.2. The number of amides is 2. The molecule has 0 bridgehead atoms. The monoisotopic (exact) mass is 486 g/mol. The van der Waals surface area contributed by atoms with E-state index in [9.17, 15) is 24.3 Å². The Morgan fingerprint density at radius 1 is 0.886 bits per heavy atom. The second kappa shape index (κ2) is 14.4. The van der Waals surface area contributed by atoms with E-state index in [4.69, 9.17) is 9.47 Å². The Labute approximate surface area is 206 Å². The lowest BCUT2D eigenvalue weighted by Gasteiger charge is -2.29. The lowest BCUT2D eigenvalue weighted by molar-refractivity contribution is -0.178. The van der Waals surface area contributed by atoms with Crippen LogP contribution in [0.15, 0.2) is 54.6 Å². The highest BCUT2D eigenvalue weighted by atomic mass is 16.6. The van der Waals surface area contributed by atoms with Gasteiger partial charge in [-0.05, 0) is 30.2 Å². The third kappa shape index (κ3) is 9.48. The number of carbonyl (C=O) groups excluding carboxylic acids is 4. The molecule has 0 aliphatic rings. The van der Waals surface area contributed by atoms with Crippen molar-refractivity contribution in [3.8, 4) is 5.75 Å². The van der Waals surface area contributed by atoms with Crippen molar-refractivity contribution in [2.45, 2.75) is 59.4 Å². The second-order valence-corrected chi connectivity index (χ2v) is 7.56. The summed E-state index contributed by atoms with van der Waals surface area (Å²) >= 11 is 0. The predicted molar refractivity (Wildman–Crippen MR) is 130 cm³/mol. The van der Waals surface area contributed by atoms with Crippen LogP contribution in [0.4, 0.5) is 0 Å². The number of ether oxygens (including phenoxy) is 2. The SMILES string of the molecule is CC.CC(=O)O[C@@H](C(=O)N[C@H](C)c1ccc(O)cc1)[C@@H](OC(C)=O)C(=O)N(C)Cc1ccccc1. The van der Waals surface area contributed by atoms with Gasteiger partial charge in [-0.1, -0.05) is 56.3 Å². The Balaban J connectivity index is 0.00000298. The van der Waals surface area contributed by atoms with Gasteiger partial charge in [-0.3, -0.25) is 19.2 Å². The zero-order chi connectivity index (χ0) is 26.5. The first-order valence-electron chi connectivity index (χ1n) is 11.3. The molecule has 9 nitrogen and oxygen atoms in total. The van der Waals surface area contributed by atoms with Gasteiger partial charge in [0.05, 0.1) is 6.04 Å². The average molecular weight is 487 g/mol. The summed E-state index contributed by atoms with van der Waals surface area (Å²) in [6, 6.07) is 14.7. The number of nitrogens with one attached hydrogen (secondary N) is 1. The molecule has 0 aliphatic carbocycles. The molecule has 0 heterocycles. The fraction of sp³-hybridized carbons (Fsp3) is 0.385. The van der Waals surface area contributed by atoms with Crippen molar-refractivity contribution in [1.82, 2.24) is 10.2 Å². The largest absolute Gasteiger partial charge is 0.508 e. The normalized spacial score (nSPS) is 12.6. The van der Waals surface area contributed by atoms with Gasteiger partial charge in [-0.2, -0.15) is 0 Å². The molecule has 0 aromatic heterocycles. The lowest BCUT2D eigenvalue weighted by atomic mass is 10.1. The van der Waals surface area contributed by atoms with Gasteiger partial charge in [0.25, 0.3) is 11.8 Å². The van der Waals surface area contributed by atoms with Gasteiger partial charge in [-0.15, -0.1) is 0 Å². The summed E-state index contributed by atoms with van der Waals surface area (Å²) in [6.07, 6.45) is -3.37. The molecule has 190 valence electrons. The van der Waals surface area contributed by atoms with Gasteiger partial charge in [0.15, 0.2) is 0 Å². The maximum atomic E-state index is 13.2. The standard InChI is InChI=1S/C24H28N2O7.C2H6/c1-15(19-10-12-20(29)13-11-19)25-23(30)21(32-16(2)27)22(33-17(3)28)24(31)26(4)14-18-8-6-5-7-9-18;1-2/h5-13,15,21-22,29H,14H2,1-4H3,(H,25,30);1-2H3/t15-,21-,22-;/m1./s1. The van der Waals surface area contributed by atoms with Crippen LogP contribution in [0.5, 0.6) is 5.75 Å². The lowest BCUT2D eigenvalue weighted by Crippen LogP contribution is -2.53. The molecule has 35 heavy (non-hydrogen) atoms. The van der Waals surface area contributed by atoms with Crippen molar-refractivity contribution in [2.75, 3.05) is 7.05 Å². The van der Waals surface area contributed by atoms with Gasteiger partial charge >= 0.3 is 11.9 Å².